The van der Waals surface area contributed by atoms with Crippen molar-refractivity contribution in [3.05, 3.63) is 29.0 Å². The van der Waals surface area contributed by atoms with Crippen molar-refractivity contribution in [2.75, 3.05) is 0 Å². The van der Waals surface area contributed by atoms with Gasteiger partial charge in [-0.25, -0.2) is 4.98 Å². The number of aryl methyl sites for hydroxylation is 1. The molecular formula is C9H7N3OS. The van der Waals surface area contributed by atoms with Crippen LogP contribution in [0.4, 0.5) is 0 Å². The van der Waals surface area contributed by atoms with Gasteiger partial charge in [-0.05, 0) is 19.1 Å². The zero-order chi connectivity index (χ0) is 9.97. The molecule has 0 aromatic carbocycles. The number of aromatic nitrogens is 3. The molecule has 0 saturated heterocycles. The average molecular weight is 205 g/mol. The molecule has 2 heterocycles. The lowest BCUT2D eigenvalue weighted by Crippen LogP contribution is -1.84. The zero-order valence-electron chi connectivity index (χ0n) is 7.47. The Labute approximate surface area is 84.6 Å². The highest BCUT2D eigenvalue weighted by Gasteiger charge is 2.09. The van der Waals surface area contributed by atoms with Crippen molar-refractivity contribution < 1.29 is 4.79 Å². The summed E-state index contributed by atoms with van der Waals surface area (Å²) in [6, 6.07) is 3.66. The summed E-state index contributed by atoms with van der Waals surface area (Å²) >= 11 is 1.33. The lowest BCUT2D eigenvalue weighted by atomic mass is 10.3. The molecule has 0 unspecified atom stereocenters. The molecule has 14 heavy (non-hydrogen) atoms. The molecule has 0 aliphatic heterocycles. The van der Waals surface area contributed by atoms with Crippen molar-refractivity contribution in [3.63, 3.8) is 0 Å². The molecule has 2 aromatic heterocycles. The number of aldehydes is 1. The van der Waals surface area contributed by atoms with Crippen molar-refractivity contribution in [1.29, 1.82) is 0 Å². The van der Waals surface area contributed by atoms with Crippen LogP contribution in [0.25, 0.3) is 10.6 Å². The molecule has 2 rings (SSSR count). The van der Waals surface area contributed by atoms with Gasteiger partial charge in [0.1, 0.15) is 5.69 Å². The fraction of sp³-hybridized carbons (Fsp3) is 0.111. The van der Waals surface area contributed by atoms with Crippen LogP contribution < -0.4 is 0 Å². The topological polar surface area (TPSA) is 55.7 Å². The number of rotatable bonds is 2. The van der Waals surface area contributed by atoms with Crippen LogP contribution in [0.2, 0.25) is 0 Å². The van der Waals surface area contributed by atoms with Gasteiger partial charge in [-0.2, -0.15) is 5.10 Å². The summed E-state index contributed by atoms with van der Waals surface area (Å²) in [7, 11) is 0. The van der Waals surface area contributed by atoms with E-state index in [9.17, 15) is 4.79 Å². The monoisotopic (exact) mass is 205 g/mol. The first kappa shape index (κ1) is 8.96. The van der Waals surface area contributed by atoms with Crippen LogP contribution >= 0.6 is 11.3 Å². The van der Waals surface area contributed by atoms with Crippen molar-refractivity contribution in [2.45, 2.75) is 6.92 Å². The third-order valence-corrected chi connectivity index (χ3v) is 2.82. The fourth-order valence-corrected chi connectivity index (χ4v) is 1.97. The smallest absolute Gasteiger partial charge is 0.178 e. The second-order valence-corrected chi connectivity index (χ2v) is 3.72. The summed E-state index contributed by atoms with van der Waals surface area (Å²) in [6.07, 6.45) is 2.36. The molecule has 0 radical (unpaired) electrons. The van der Waals surface area contributed by atoms with E-state index in [1.807, 2.05) is 19.1 Å². The summed E-state index contributed by atoms with van der Waals surface area (Å²) in [5.74, 6) is 0. The molecule has 0 amide bonds. The van der Waals surface area contributed by atoms with E-state index in [1.165, 1.54) is 11.3 Å². The Balaban J connectivity index is 2.51. The van der Waals surface area contributed by atoms with Gasteiger partial charge >= 0.3 is 0 Å². The third-order valence-electron chi connectivity index (χ3n) is 1.72. The van der Waals surface area contributed by atoms with Crippen molar-refractivity contribution in [2.24, 2.45) is 0 Å². The van der Waals surface area contributed by atoms with Crippen LogP contribution in [0, 0.1) is 6.92 Å². The standard InChI is InChI=1S/C9H7N3OS/c1-6-9(14-8(5-13)11-6)7-3-2-4-10-12-7/h2-5H,1H3. The number of hydrogen-bond donors (Lipinski definition) is 0. The Morgan fingerprint density at radius 3 is 2.93 bits per heavy atom. The molecule has 0 fully saturated rings. The van der Waals surface area contributed by atoms with E-state index in [0.717, 1.165) is 22.6 Å². The first-order chi connectivity index (χ1) is 6.81. The number of nitrogens with zero attached hydrogens (tertiary/aromatic N) is 3. The Kier molecular flexibility index (Phi) is 2.32. The summed E-state index contributed by atoms with van der Waals surface area (Å²) in [5, 5.41) is 8.21. The van der Waals surface area contributed by atoms with Gasteiger partial charge in [0.25, 0.3) is 0 Å². The van der Waals surface area contributed by atoms with Gasteiger partial charge in [0.2, 0.25) is 0 Å². The van der Waals surface area contributed by atoms with Gasteiger partial charge in [-0.15, -0.1) is 16.4 Å². The lowest BCUT2D eigenvalue weighted by Gasteiger charge is -1.93. The zero-order valence-corrected chi connectivity index (χ0v) is 8.28. The largest absolute Gasteiger partial charge is 0.295 e. The Morgan fingerprint density at radius 1 is 1.50 bits per heavy atom. The van der Waals surface area contributed by atoms with E-state index < -0.39 is 0 Å². The van der Waals surface area contributed by atoms with Gasteiger partial charge in [-0.3, -0.25) is 4.79 Å². The van der Waals surface area contributed by atoms with Crippen LogP contribution in [0.5, 0.6) is 0 Å². The fourth-order valence-electron chi connectivity index (χ4n) is 1.13. The van der Waals surface area contributed by atoms with E-state index in [0.29, 0.717) is 5.01 Å². The van der Waals surface area contributed by atoms with Gasteiger partial charge in [0.05, 0.1) is 10.6 Å². The summed E-state index contributed by atoms with van der Waals surface area (Å²) in [5.41, 5.74) is 1.58. The van der Waals surface area contributed by atoms with Gasteiger partial charge in [0.15, 0.2) is 11.3 Å². The highest BCUT2D eigenvalue weighted by atomic mass is 32.1. The highest BCUT2D eigenvalue weighted by Crippen LogP contribution is 2.26. The summed E-state index contributed by atoms with van der Waals surface area (Å²) < 4.78 is 0. The summed E-state index contributed by atoms with van der Waals surface area (Å²) in [6.45, 7) is 1.85. The first-order valence-corrected chi connectivity index (χ1v) is 4.83. The lowest BCUT2D eigenvalue weighted by molar-refractivity contribution is 0.112. The van der Waals surface area contributed by atoms with Crippen LogP contribution in [-0.2, 0) is 0 Å². The van der Waals surface area contributed by atoms with Crippen molar-refractivity contribution in [3.8, 4) is 10.6 Å². The normalized spacial score (nSPS) is 10.1. The molecule has 0 atom stereocenters. The Morgan fingerprint density at radius 2 is 2.36 bits per heavy atom. The van der Waals surface area contributed by atoms with Crippen molar-refractivity contribution in [1.82, 2.24) is 15.2 Å². The number of hydrogen-bond acceptors (Lipinski definition) is 5. The molecule has 5 heteroatoms. The number of carbonyl (C=O) groups excluding carboxylic acids is 1. The van der Waals surface area contributed by atoms with E-state index >= 15 is 0 Å². The molecule has 4 nitrogen and oxygen atoms in total. The van der Waals surface area contributed by atoms with E-state index in [1.54, 1.807) is 6.20 Å². The third kappa shape index (κ3) is 1.54. The van der Waals surface area contributed by atoms with Crippen LogP contribution in [0.15, 0.2) is 18.3 Å². The molecule has 70 valence electrons. The van der Waals surface area contributed by atoms with E-state index in [4.69, 9.17) is 0 Å². The Bertz CT molecular complexity index is 452. The Hall–Kier alpha value is -1.62. The van der Waals surface area contributed by atoms with Crippen molar-refractivity contribution >= 4 is 17.6 Å². The quantitative estimate of drug-likeness (QED) is 0.700. The first-order valence-electron chi connectivity index (χ1n) is 4.02. The van der Waals surface area contributed by atoms with Crippen LogP contribution in [0.1, 0.15) is 15.5 Å². The maximum absolute atomic E-state index is 10.5. The molecule has 2 aromatic rings. The van der Waals surface area contributed by atoms with Crippen LogP contribution in [0.3, 0.4) is 0 Å². The van der Waals surface area contributed by atoms with Gasteiger partial charge in [-0.1, -0.05) is 0 Å². The maximum Gasteiger partial charge on any atom is 0.178 e. The van der Waals surface area contributed by atoms with Crippen LogP contribution in [-0.4, -0.2) is 21.5 Å². The van der Waals surface area contributed by atoms with E-state index in [-0.39, 0.29) is 0 Å². The molecule has 0 saturated carbocycles. The highest BCUT2D eigenvalue weighted by molar-refractivity contribution is 7.16. The van der Waals surface area contributed by atoms with Gasteiger partial charge in [0, 0.05) is 6.20 Å². The number of thiazole rings is 1. The number of carbonyl (C=O) groups is 1. The molecule has 0 bridgehead atoms. The molecule has 0 aliphatic carbocycles. The predicted molar refractivity (Wildman–Crippen MR) is 53.3 cm³/mol. The minimum absolute atomic E-state index is 0.475. The average Bonchev–Trinajstić information content (AvgIpc) is 2.61. The molecule has 0 spiro atoms. The minimum Gasteiger partial charge on any atom is -0.295 e. The predicted octanol–water partition coefficient (Wildman–Crippen LogP) is 1.72. The second kappa shape index (κ2) is 3.63. The molecule has 0 N–H and O–H groups in total. The molecule has 0 aliphatic rings. The molecular weight excluding hydrogens is 198 g/mol. The minimum atomic E-state index is 0.475. The van der Waals surface area contributed by atoms with E-state index in [2.05, 4.69) is 15.2 Å². The SMILES string of the molecule is Cc1nc(C=O)sc1-c1cccnn1. The summed E-state index contributed by atoms with van der Waals surface area (Å²) in [4.78, 5) is 15.5. The maximum atomic E-state index is 10.5. The van der Waals surface area contributed by atoms with Gasteiger partial charge < -0.3 is 0 Å². The second-order valence-electron chi connectivity index (χ2n) is 2.69.